The predicted octanol–water partition coefficient (Wildman–Crippen LogP) is 12.8. The maximum atomic E-state index is 12.8. The van der Waals surface area contributed by atoms with Gasteiger partial charge < -0.3 is 28.8 Å². The first-order chi connectivity index (χ1) is 27.5. The highest BCUT2D eigenvalue weighted by Crippen LogP contribution is 2.38. The Labute approximate surface area is 353 Å². The van der Waals surface area contributed by atoms with Gasteiger partial charge in [0, 0.05) is 6.42 Å². The number of aliphatic hydroxyl groups excluding tert-OH is 1. The number of phosphoric acid groups is 1. The van der Waals surface area contributed by atoms with Gasteiger partial charge in [0.2, 0.25) is 5.91 Å². The molecular weight excluding hydrogens is 732 g/mol. The van der Waals surface area contributed by atoms with Gasteiger partial charge in [-0.3, -0.25) is 9.36 Å². The van der Waals surface area contributed by atoms with Crippen LogP contribution >= 0.6 is 7.82 Å². The number of unbranched alkanes of at least 4 members (excludes halogenated alkanes) is 26. The number of hydrogen-bond donors (Lipinski definition) is 2. The summed E-state index contributed by atoms with van der Waals surface area (Å²) >= 11 is 0. The second kappa shape index (κ2) is 40.1. The maximum absolute atomic E-state index is 12.8. The zero-order valence-corrected chi connectivity index (χ0v) is 38.9. The van der Waals surface area contributed by atoms with E-state index in [1.54, 1.807) is 6.08 Å². The number of likely N-dealkylation sites (N-methyl/N-ethyl adjacent to an activating group) is 1. The highest BCUT2D eigenvalue weighted by Gasteiger charge is 2.23. The van der Waals surface area contributed by atoms with E-state index in [0.29, 0.717) is 17.4 Å². The molecule has 0 aliphatic carbocycles. The van der Waals surface area contributed by atoms with Gasteiger partial charge >= 0.3 is 0 Å². The monoisotopic (exact) mass is 825 g/mol. The number of phosphoric ester groups is 1. The van der Waals surface area contributed by atoms with E-state index in [9.17, 15) is 19.4 Å². The van der Waals surface area contributed by atoms with E-state index in [1.807, 2.05) is 27.2 Å². The minimum Gasteiger partial charge on any atom is -0.756 e. The van der Waals surface area contributed by atoms with Crippen LogP contribution in [-0.2, 0) is 18.4 Å². The summed E-state index contributed by atoms with van der Waals surface area (Å²) in [4.78, 5) is 25.2. The lowest BCUT2D eigenvalue weighted by Crippen LogP contribution is -2.45. The zero-order chi connectivity index (χ0) is 42.1. The molecule has 2 N–H and O–H groups in total. The van der Waals surface area contributed by atoms with Crippen LogP contribution in [0.15, 0.2) is 36.5 Å². The largest absolute Gasteiger partial charge is 0.756 e. The van der Waals surface area contributed by atoms with E-state index < -0.39 is 26.6 Å². The van der Waals surface area contributed by atoms with Crippen LogP contribution in [0.5, 0.6) is 0 Å². The molecule has 0 aliphatic rings. The van der Waals surface area contributed by atoms with Crippen molar-refractivity contribution in [3.63, 3.8) is 0 Å². The Bertz CT molecular complexity index is 1030. The van der Waals surface area contributed by atoms with Crippen molar-refractivity contribution in [2.24, 2.45) is 0 Å². The number of carbonyl (C=O) groups excluding carboxylic acids is 1. The molecule has 336 valence electrons. The lowest BCUT2D eigenvalue weighted by Gasteiger charge is -2.29. The molecular formula is C48H93N2O6P. The van der Waals surface area contributed by atoms with Gasteiger partial charge in [0.05, 0.1) is 39.9 Å². The molecule has 0 heterocycles. The van der Waals surface area contributed by atoms with Crippen molar-refractivity contribution >= 4 is 13.7 Å². The topological polar surface area (TPSA) is 108 Å². The minimum atomic E-state index is -4.59. The number of allylic oxidation sites excluding steroid dienone is 5. The fourth-order valence-electron chi connectivity index (χ4n) is 6.74. The van der Waals surface area contributed by atoms with Crippen LogP contribution in [0.4, 0.5) is 0 Å². The lowest BCUT2D eigenvalue weighted by molar-refractivity contribution is -0.870. The molecule has 9 heteroatoms. The first-order valence-electron chi connectivity index (χ1n) is 23.9. The molecule has 0 rings (SSSR count). The summed E-state index contributed by atoms with van der Waals surface area (Å²) in [6.07, 6.45) is 49.5. The summed E-state index contributed by atoms with van der Waals surface area (Å²) < 4.78 is 23.1. The molecule has 57 heavy (non-hydrogen) atoms. The second-order valence-electron chi connectivity index (χ2n) is 17.5. The molecule has 0 aromatic heterocycles. The molecule has 0 aromatic carbocycles. The third kappa shape index (κ3) is 42.6. The van der Waals surface area contributed by atoms with Gasteiger partial charge in [-0.05, 0) is 51.4 Å². The van der Waals surface area contributed by atoms with E-state index in [4.69, 9.17) is 9.05 Å². The number of aliphatic hydroxyl groups is 1. The zero-order valence-electron chi connectivity index (χ0n) is 38.0. The molecule has 0 saturated heterocycles. The third-order valence-electron chi connectivity index (χ3n) is 10.6. The molecule has 0 radical (unpaired) electrons. The summed E-state index contributed by atoms with van der Waals surface area (Å²) in [5, 5.41) is 13.7. The number of hydrogen-bond acceptors (Lipinski definition) is 6. The molecule has 0 aromatic rings. The van der Waals surface area contributed by atoms with Crippen molar-refractivity contribution < 1.29 is 32.9 Å². The number of nitrogens with one attached hydrogen (secondary N) is 1. The highest BCUT2D eigenvalue weighted by atomic mass is 31.2. The summed E-state index contributed by atoms with van der Waals surface area (Å²) in [5.74, 6) is -0.210. The standard InChI is InChI=1S/C48H93N2O6P/c1-6-8-10-12-14-16-17-18-19-20-21-22-23-24-25-26-27-28-29-30-31-32-33-34-36-38-40-42-48(52)49-46(45-56-57(53,54)55-44-43-50(3,4)5)47(51)41-39-37-35-15-13-11-9-7-2/h13,15,20-21,39,41,46-47,51H,6-12,14,16-19,22-38,40,42-45H2,1-5H3,(H-,49,52,53,54)/b15-13+,21-20-,41-39+. The summed E-state index contributed by atoms with van der Waals surface area (Å²) in [6, 6.07) is -0.898. The Hall–Kier alpha value is -1.28. The van der Waals surface area contributed by atoms with Crippen LogP contribution in [0.2, 0.25) is 0 Å². The minimum absolute atomic E-state index is 0.00622. The summed E-state index contributed by atoms with van der Waals surface area (Å²) in [6.45, 7) is 4.55. The van der Waals surface area contributed by atoms with Gasteiger partial charge in [0.15, 0.2) is 0 Å². The molecule has 3 unspecified atom stereocenters. The Kier molecular flexibility index (Phi) is 39.2. The fraction of sp³-hybridized carbons (Fsp3) is 0.854. The Morgan fingerprint density at radius 2 is 1.00 bits per heavy atom. The van der Waals surface area contributed by atoms with Gasteiger partial charge in [-0.2, -0.15) is 0 Å². The second-order valence-corrected chi connectivity index (χ2v) is 18.9. The molecule has 0 spiro atoms. The van der Waals surface area contributed by atoms with Crippen LogP contribution in [0.1, 0.15) is 213 Å². The predicted molar refractivity (Wildman–Crippen MR) is 242 cm³/mol. The van der Waals surface area contributed by atoms with Crippen molar-refractivity contribution in [3.8, 4) is 0 Å². The van der Waals surface area contributed by atoms with Crippen LogP contribution in [-0.4, -0.2) is 68.5 Å². The number of carbonyl (C=O) groups is 1. The van der Waals surface area contributed by atoms with Crippen LogP contribution in [0, 0.1) is 0 Å². The average molecular weight is 825 g/mol. The molecule has 0 bridgehead atoms. The van der Waals surface area contributed by atoms with Crippen LogP contribution in [0.3, 0.4) is 0 Å². The molecule has 3 atom stereocenters. The van der Waals surface area contributed by atoms with E-state index >= 15 is 0 Å². The average Bonchev–Trinajstić information content (AvgIpc) is 3.16. The smallest absolute Gasteiger partial charge is 0.268 e. The molecule has 0 fully saturated rings. The van der Waals surface area contributed by atoms with Crippen molar-refractivity contribution in [2.75, 3.05) is 40.9 Å². The quantitative estimate of drug-likeness (QED) is 0.0274. The number of nitrogens with zero attached hydrogens (tertiary/aromatic N) is 1. The lowest BCUT2D eigenvalue weighted by atomic mass is 10.0. The normalized spacial score (nSPS) is 14.6. The van der Waals surface area contributed by atoms with Gasteiger partial charge in [-0.1, -0.05) is 192 Å². The maximum Gasteiger partial charge on any atom is 0.268 e. The Morgan fingerprint density at radius 3 is 1.47 bits per heavy atom. The van der Waals surface area contributed by atoms with E-state index in [2.05, 4.69) is 43.5 Å². The first-order valence-corrected chi connectivity index (χ1v) is 25.3. The van der Waals surface area contributed by atoms with Gasteiger partial charge in [-0.25, -0.2) is 0 Å². The fourth-order valence-corrected chi connectivity index (χ4v) is 7.46. The van der Waals surface area contributed by atoms with Crippen molar-refractivity contribution in [3.05, 3.63) is 36.5 Å². The number of amides is 1. The Balaban J connectivity index is 4.05. The van der Waals surface area contributed by atoms with Crippen molar-refractivity contribution in [2.45, 2.75) is 225 Å². The summed E-state index contributed by atoms with van der Waals surface area (Å²) in [5.41, 5.74) is 0. The molecule has 1 amide bonds. The number of rotatable bonds is 43. The highest BCUT2D eigenvalue weighted by molar-refractivity contribution is 7.45. The van der Waals surface area contributed by atoms with Crippen molar-refractivity contribution in [1.29, 1.82) is 0 Å². The summed E-state index contributed by atoms with van der Waals surface area (Å²) in [7, 11) is 1.24. The van der Waals surface area contributed by atoms with E-state index in [1.165, 1.54) is 154 Å². The molecule has 0 saturated carbocycles. The Morgan fingerprint density at radius 1 is 0.596 bits per heavy atom. The number of quaternary nitrogens is 1. The van der Waals surface area contributed by atoms with Gasteiger partial charge in [-0.15, -0.1) is 0 Å². The first kappa shape index (κ1) is 55.7. The SMILES string of the molecule is CCCC/C=C/CC/C=C/C(O)C(COP(=O)([O-])OCC[N+](C)(C)C)NC(=O)CCCCCCCCCCCCCCCCC/C=C\CCCCCCCCCC. The van der Waals surface area contributed by atoms with E-state index in [-0.39, 0.29) is 12.5 Å². The van der Waals surface area contributed by atoms with Crippen molar-refractivity contribution in [1.82, 2.24) is 5.32 Å². The van der Waals surface area contributed by atoms with Gasteiger partial charge in [0.25, 0.3) is 7.82 Å². The molecule has 0 aliphatic heterocycles. The van der Waals surface area contributed by atoms with Gasteiger partial charge in [0.1, 0.15) is 13.2 Å². The third-order valence-corrected chi connectivity index (χ3v) is 11.5. The molecule has 8 nitrogen and oxygen atoms in total. The van der Waals surface area contributed by atoms with Crippen LogP contribution in [0.25, 0.3) is 0 Å². The van der Waals surface area contributed by atoms with E-state index in [0.717, 1.165) is 38.5 Å². The van der Waals surface area contributed by atoms with Crippen LogP contribution < -0.4 is 10.2 Å².